The van der Waals surface area contributed by atoms with Crippen molar-refractivity contribution < 1.29 is 4.92 Å². The Morgan fingerprint density at radius 1 is 1.37 bits per heavy atom. The van der Waals surface area contributed by atoms with E-state index in [0.29, 0.717) is 5.82 Å². The first-order valence-corrected chi connectivity index (χ1v) is 6.21. The van der Waals surface area contributed by atoms with Gasteiger partial charge in [0.15, 0.2) is 0 Å². The summed E-state index contributed by atoms with van der Waals surface area (Å²) in [6, 6.07) is 8.57. The molecule has 0 spiro atoms. The zero-order valence-electron chi connectivity index (χ0n) is 10.1. The van der Waals surface area contributed by atoms with E-state index in [0.717, 1.165) is 15.7 Å². The van der Waals surface area contributed by atoms with Crippen LogP contribution < -0.4 is 11.1 Å². The number of nitrogen functional groups attached to an aromatic ring is 1. The van der Waals surface area contributed by atoms with Crippen LogP contribution in [0.1, 0.15) is 5.56 Å². The van der Waals surface area contributed by atoms with Crippen LogP contribution in [0, 0.1) is 17.0 Å². The Morgan fingerprint density at radius 2 is 2.11 bits per heavy atom. The molecule has 19 heavy (non-hydrogen) atoms. The summed E-state index contributed by atoms with van der Waals surface area (Å²) < 4.78 is 0.965. The molecule has 0 atom stereocenters. The molecule has 0 aliphatic heterocycles. The SMILES string of the molecule is Cc1ccc(Nc2ccc([N+](=O)[O-])c(N)n2)cc1Br. The third-order valence-corrected chi connectivity index (χ3v) is 3.40. The van der Waals surface area contributed by atoms with Crippen molar-refractivity contribution in [3.63, 3.8) is 0 Å². The largest absolute Gasteiger partial charge is 0.378 e. The molecule has 0 unspecified atom stereocenters. The molecule has 6 nitrogen and oxygen atoms in total. The molecule has 2 aromatic rings. The molecule has 98 valence electrons. The number of pyridine rings is 1. The summed E-state index contributed by atoms with van der Waals surface area (Å²) in [7, 11) is 0. The standard InChI is InChI=1S/C12H11BrN4O2/c1-7-2-3-8(6-9(7)13)15-11-5-4-10(17(18)19)12(14)16-11/h2-6H,1H3,(H3,14,15,16). The van der Waals surface area contributed by atoms with Gasteiger partial charge in [0.25, 0.3) is 0 Å². The Bertz CT molecular complexity index is 646. The number of hydrogen-bond acceptors (Lipinski definition) is 5. The summed E-state index contributed by atoms with van der Waals surface area (Å²) in [5.74, 6) is 0.347. The second kappa shape index (κ2) is 5.23. The number of nitro groups is 1. The normalized spacial score (nSPS) is 10.2. The van der Waals surface area contributed by atoms with Gasteiger partial charge in [0.1, 0.15) is 5.82 Å². The molecule has 0 aliphatic carbocycles. The molecule has 2 rings (SSSR count). The van der Waals surface area contributed by atoms with Crippen LogP contribution in [0.3, 0.4) is 0 Å². The molecular formula is C12H11BrN4O2. The summed E-state index contributed by atoms with van der Waals surface area (Å²) in [5.41, 5.74) is 7.26. The van der Waals surface area contributed by atoms with Crippen molar-refractivity contribution in [1.82, 2.24) is 4.98 Å². The van der Waals surface area contributed by atoms with Crippen molar-refractivity contribution in [1.29, 1.82) is 0 Å². The van der Waals surface area contributed by atoms with Gasteiger partial charge in [-0.05, 0) is 30.7 Å². The summed E-state index contributed by atoms with van der Waals surface area (Å²) in [4.78, 5) is 14.0. The Balaban J connectivity index is 2.26. The molecule has 1 aromatic carbocycles. The van der Waals surface area contributed by atoms with Gasteiger partial charge in [-0.2, -0.15) is 0 Å². The molecule has 0 amide bonds. The van der Waals surface area contributed by atoms with Crippen molar-refractivity contribution in [2.24, 2.45) is 0 Å². The molecule has 0 radical (unpaired) electrons. The third-order valence-electron chi connectivity index (χ3n) is 2.54. The van der Waals surface area contributed by atoms with Gasteiger partial charge in [-0.3, -0.25) is 10.1 Å². The summed E-state index contributed by atoms with van der Waals surface area (Å²) >= 11 is 3.43. The fraction of sp³-hybridized carbons (Fsp3) is 0.0833. The van der Waals surface area contributed by atoms with Crippen molar-refractivity contribution in [3.8, 4) is 0 Å². The lowest BCUT2D eigenvalue weighted by Gasteiger charge is -2.07. The molecule has 0 fully saturated rings. The van der Waals surface area contributed by atoms with Crippen LogP contribution >= 0.6 is 15.9 Å². The Labute approximate surface area is 117 Å². The number of nitrogens with zero attached hydrogens (tertiary/aromatic N) is 2. The number of hydrogen-bond donors (Lipinski definition) is 2. The third kappa shape index (κ3) is 3.00. The second-order valence-corrected chi connectivity index (χ2v) is 4.80. The Morgan fingerprint density at radius 3 is 2.68 bits per heavy atom. The van der Waals surface area contributed by atoms with E-state index in [1.54, 1.807) is 0 Å². The van der Waals surface area contributed by atoms with E-state index < -0.39 is 4.92 Å². The van der Waals surface area contributed by atoms with Crippen LogP contribution in [-0.2, 0) is 0 Å². The van der Waals surface area contributed by atoms with Crippen molar-refractivity contribution in [2.75, 3.05) is 11.1 Å². The van der Waals surface area contributed by atoms with E-state index in [9.17, 15) is 10.1 Å². The van der Waals surface area contributed by atoms with E-state index in [1.807, 2.05) is 25.1 Å². The number of rotatable bonds is 3. The zero-order chi connectivity index (χ0) is 14.0. The first-order valence-electron chi connectivity index (χ1n) is 5.41. The first-order chi connectivity index (χ1) is 8.97. The predicted octanol–water partition coefficient (Wildman–Crippen LogP) is 3.39. The molecule has 0 saturated carbocycles. The number of aromatic nitrogens is 1. The number of nitrogens with two attached hydrogens (primary N) is 1. The average Bonchev–Trinajstić information content (AvgIpc) is 2.33. The number of benzene rings is 1. The molecule has 0 aliphatic rings. The molecular weight excluding hydrogens is 312 g/mol. The monoisotopic (exact) mass is 322 g/mol. The summed E-state index contributed by atoms with van der Waals surface area (Å²) in [6.45, 7) is 1.98. The van der Waals surface area contributed by atoms with Crippen LogP contribution in [0.4, 0.5) is 23.0 Å². The lowest BCUT2D eigenvalue weighted by molar-refractivity contribution is -0.384. The number of anilines is 3. The van der Waals surface area contributed by atoms with Crippen LogP contribution in [-0.4, -0.2) is 9.91 Å². The van der Waals surface area contributed by atoms with Crippen LogP contribution in [0.2, 0.25) is 0 Å². The van der Waals surface area contributed by atoms with E-state index >= 15 is 0 Å². The zero-order valence-corrected chi connectivity index (χ0v) is 11.6. The maximum Gasteiger partial charge on any atom is 0.311 e. The molecule has 0 bridgehead atoms. The first kappa shape index (κ1) is 13.3. The lowest BCUT2D eigenvalue weighted by Crippen LogP contribution is -2.01. The summed E-state index contributed by atoms with van der Waals surface area (Å²) in [6.07, 6.45) is 0. The summed E-state index contributed by atoms with van der Waals surface area (Å²) in [5, 5.41) is 13.7. The van der Waals surface area contributed by atoms with Gasteiger partial charge in [-0.15, -0.1) is 0 Å². The molecule has 1 aromatic heterocycles. The quantitative estimate of drug-likeness (QED) is 0.667. The minimum absolute atomic E-state index is 0.110. The van der Waals surface area contributed by atoms with Gasteiger partial charge in [0, 0.05) is 16.2 Å². The van der Waals surface area contributed by atoms with Gasteiger partial charge >= 0.3 is 5.69 Å². The molecule has 0 saturated heterocycles. The van der Waals surface area contributed by atoms with Gasteiger partial charge in [0.2, 0.25) is 5.82 Å². The van der Waals surface area contributed by atoms with Crippen molar-refractivity contribution in [2.45, 2.75) is 6.92 Å². The highest BCUT2D eigenvalue weighted by molar-refractivity contribution is 9.10. The highest BCUT2D eigenvalue weighted by Crippen LogP contribution is 2.25. The second-order valence-electron chi connectivity index (χ2n) is 3.95. The highest BCUT2D eigenvalue weighted by atomic mass is 79.9. The highest BCUT2D eigenvalue weighted by Gasteiger charge is 2.12. The Hall–Kier alpha value is -2.15. The lowest BCUT2D eigenvalue weighted by atomic mass is 10.2. The minimum atomic E-state index is -0.561. The average molecular weight is 323 g/mol. The Kier molecular flexibility index (Phi) is 3.66. The van der Waals surface area contributed by atoms with Gasteiger partial charge in [-0.25, -0.2) is 4.98 Å². The van der Waals surface area contributed by atoms with Crippen molar-refractivity contribution in [3.05, 3.63) is 50.5 Å². The van der Waals surface area contributed by atoms with E-state index in [-0.39, 0.29) is 11.5 Å². The van der Waals surface area contributed by atoms with Gasteiger partial charge in [-0.1, -0.05) is 22.0 Å². The molecule has 1 heterocycles. The fourth-order valence-electron chi connectivity index (χ4n) is 1.51. The number of aryl methyl sites for hydroxylation is 1. The molecule has 3 N–H and O–H groups in total. The van der Waals surface area contributed by atoms with E-state index in [4.69, 9.17) is 5.73 Å². The van der Waals surface area contributed by atoms with E-state index in [2.05, 4.69) is 26.2 Å². The fourth-order valence-corrected chi connectivity index (χ4v) is 1.89. The van der Waals surface area contributed by atoms with Crippen LogP contribution in [0.5, 0.6) is 0 Å². The maximum atomic E-state index is 10.6. The number of halogens is 1. The molecule has 7 heteroatoms. The van der Waals surface area contributed by atoms with Gasteiger partial charge in [0.05, 0.1) is 4.92 Å². The topological polar surface area (TPSA) is 94.1 Å². The smallest absolute Gasteiger partial charge is 0.311 e. The van der Waals surface area contributed by atoms with E-state index in [1.165, 1.54) is 12.1 Å². The predicted molar refractivity (Wildman–Crippen MR) is 77.5 cm³/mol. The van der Waals surface area contributed by atoms with Gasteiger partial charge < -0.3 is 11.1 Å². The maximum absolute atomic E-state index is 10.6. The van der Waals surface area contributed by atoms with Crippen LogP contribution in [0.15, 0.2) is 34.8 Å². The van der Waals surface area contributed by atoms with Crippen molar-refractivity contribution >= 4 is 38.9 Å². The minimum Gasteiger partial charge on any atom is -0.378 e. The van der Waals surface area contributed by atoms with Crippen LogP contribution in [0.25, 0.3) is 0 Å². The number of nitrogens with one attached hydrogen (secondary N) is 1.